The maximum absolute atomic E-state index is 12.6. The van der Waals surface area contributed by atoms with Gasteiger partial charge in [-0.3, -0.25) is 9.52 Å². The number of phenols is 1. The molecule has 1 saturated heterocycles. The highest BCUT2D eigenvalue weighted by molar-refractivity contribution is 7.92. The number of carboxylic acids is 1. The molecule has 12 nitrogen and oxygen atoms in total. The fourth-order valence-corrected chi connectivity index (χ4v) is 6.22. The zero-order valence-electron chi connectivity index (χ0n) is 22.0. The van der Waals surface area contributed by atoms with E-state index in [-0.39, 0.29) is 28.9 Å². The lowest BCUT2D eigenvalue weighted by molar-refractivity contribution is -0.140. The smallest absolute Gasteiger partial charge is 0.322 e. The molecule has 0 spiro atoms. The molecule has 0 aliphatic carbocycles. The SMILES string of the molecule is CC(C)[C@H](NS(=O)(=O)c1ccc(N2CCC(NC[C@@H](O)c3ccc(O)c(NS(C)(=O)=O)c3)CC2)cc1)C(=O)O. The van der Waals surface area contributed by atoms with Crippen molar-refractivity contribution in [3.63, 3.8) is 0 Å². The Morgan fingerprint density at radius 2 is 1.67 bits per heavy atom. The Kier molecular flexibility index (Phi) is 9.83. The molecular weight excluding hydrogens is 548 g/mol. The van der Waals surface area contributed by atoms with E-state index in [1.165, 1.54) is 30.3 Å². The molecule has 3 rings (SSSR count). The fraction of sp³-hybridized carbons (Fsp3) is 0.480. The number of aliphatic carboxylic acids is 1. The van der Waals surface area contributed by atoms with Crippen molar-refractivity contribution in [3.8, 4) is 5.75 Å². The summed E-state index contributed by atoms with van der Waals surface area (Å²) in [6.07, 6.45) is 1.61. The minimum Gasteiger partial charge on any atom is -0.506 e. The highest BCUT2D eigenvalue weighted by atomic mass is 32.2. The highest BCUT2D eigenvalue weighted by Crippen LogP contribution is 2.28. The number of piperidine rings is 1. The maximum atomic E-state index is 12.6. The molecule has 2 aromatic carbocycles. The lowest BCUT2D eigenvalue weighted by atomic mass is 10.0. The Hall–Kier alpha value is -2.91. The second kappa shape index (κ2) is 12.5. The van der Waals surface area contributed by atoms with Gasteiger partial charge in [0.05, 0.1) is 22.9 Å². The largest absolute Gasteiger partial charge is 0.506 e. The predicted octanol–water partition coefficient (Wildman–Crippen LogP) is 1.44. The Morgan fingerprint density at radius 3 is 2.21 bits per heavy atom. The van der Waals surface area contributed by atoms with Crippen LogP contribution in [-0.4, -0.2) is 76.1 Å². The zero-order valence-corrected chi connectivity index (χ0v) is 23.7. The van der Waals surface area contributed by atoms with Gasteiger partial charge in [-0.1, -0.05) is 19.9 Å². The van der Waals surface area contributed by atoms with Crippen LogP contribution in [0.4, 0.5) is 11.4 Å². The Morgan fingerprint density at radius 1 is 1.05 bits per heavy atom. The summed E-state index contributed by atoms with van der Waals surface area (Å²) in [5, 5.41) is 33.1. The number of nitrogens with zero attached hydrogens (tertiary/aromatic N) is 1. The van der Waals surface area contributed by atoms with E-state index in [4.69, 9.17) is 0 Å². The number of carboxylic acid groups (broad SMARTS) is 1. The van der Waals surface area contributed by atoms with Gasteiger partial charge in [-0.15, -0.1) is 0 Å². The van der Waals surface area contributed by atoms with Crippen LogP contribution in [0.25, 0.3) is 0 Å². The molecule has 6 N–H and O–H groups in total. The van der Waals surface area contributed by atoms with Crippen molar-refractivity contribution in [2.24, 2.45) is 5.92 Å². The second-order valence-electron chi connectivity index (χ2n) is 10.0. The number of benzene rings is 2. The molecule has 2 atom stereocenters. The quantitative estimate of drug-likeness (QED) is 0.199. The van der Waals surface area contributed by atoms with E-state index in [0.29, 0.717) is 18.7 Å². The minimum atomic E-state index is -3.99. The Bertz CT molecular complexity index is 1360. The Labute approximate surface area is 229 Å². The zero-order chi connectivity index (χ0) is 29.0. The predicted molar refractivity (Wildman–Crippen MR) is 148 cm³/mol. The fourth-order valence-electron chi connectivity index (χ4n) is 4.32. The molecule has 1 heterocycles. The van der Waals surface area contributed by atoms with Gasteiger partial charge in [0, 0.05) is 31.4 Å². The molecule has 0 unspecified atom stereocenters. The summed E-state index contributed by atoms with van der Waals surface area (Å²) in [7, 11) is -7.58. The van der Waals surface area contributed by atoms with Gasteiger partial charge < -0.3 is 25.5 Å². The van der Waals surface area contributed by atoms with E-state index in [2.05, 4.69) is 19.7 Å². The van der Waals surface area contributed by atoms with Crippen molar-refractivity contribution in [1.29, 1.82) is 0 Å². The molecule has 0 amide bonds. The molecule has 39 heavy (non-hydrogen) atoms. The summed E-state index contributed by atoms with van der Waals surface area (Å²) in [6, 6.07) is 9.48. The first-order valence-corrected chi connectivity index (χ1v) is 15.9. The van der Waals surface area contributed by atoms with Crippen molar-refractivity contribution in [2.45, 2.75) is 49.8 Å². The van der Waals surface area contributed by atoms with Crippen LogP contribution < -0.4 is 19.7 Å². The number of hydrogen-bond acceptors (Lipinski definition) is 9. The van der Waals surface area contributed by atoms with Crippen molar-refractivity contribution >= 4 is 37.4 Å². The monoisotopic (exact) mass is 584 g/mol. The number of sulfonamides is 2. The van der Waals surface area contributed by atoms with Crippen LogP contribution in [0.3, 0.4) is 0 Å². The van der Waals surface area contributed by atoms with Gasteiger partial charge in [0.1, 0.15) is 11.8 Å². The van der Waals surface area contributed by atoms with Crippen molar-refractivity contribution in [3.05, 3.63) is 48.0 Å². The van der Waals surface area contributed by atoms with Gasteiger partial charge in [0.2, 0.25) is 20.0 Å². The number of nitrogens with one attached hydrogen (secondary N) is 3. The summed E-state index contributed by atoms with van der Waals surface area (Å²) in [6.45, 7) is 4.90. The molecule has 1 aliphatic heterocycles. The van der Waals surface area contributed by atoms with Crippen LogP contribution >= 0.6 is 0 Å². The summed E-state index contributed by atoms with van der Waals surface area (Å²) in [5.74, 6) is -1.88. The van der Waals surface area contributed by atoms with Crippen LogP contribution in [-0.2, 0) is 24.8 Å². The number of hydrogen-bond donors (Lipinski definition) is 6. The summed E-state index contributed by atoms with van der Waals surface area (Å²) < 4.78 is 52.7. The number of phenolic OH excluding ortho intramolecular Hbond substituents is 1. The van der Waals surface area contributed by atoms with Crippen molar-refractivity contribution in [1.82, 2.24) is 10.0 Å². The third kappa shape index (κ3) is 8.54. The van der Waals surface area contributed by atoms with Gasteiger partial charge in [0.25, 0.3) is 0 Å². The van der Waals surface area contributed by atoms with E-state index in [1.807, 2.05) is 0 Å². The van der Waals surface area contributed by atoms with Crippen LogP contribution in [0.5, 0.6) is 5.75 Å². The molecule has 1 fully saturated rings. The molecule has 0 saturated carbocycles. The third-order valence-corrected chi connectivity index (χ3v) is 8.57. The molecule has 14 heteroatoms. The number of aliphatic hydroxyl groups excluding tert-OH is 1. The topological polar surface area (TPSA) is 185 Å². The summed E-state index contributed by atoms with van der Waals surface area (Å²) in [4.78, 5) is 13.5. The molecule has 216 valence electrons. The van der Waals surface area contributed by atoms with Gasteiger partial charge in [-0.2, -0.15) is 4.72 Å². The number of aliphatic hydroxyl groups is 1. The standard InChI is InChI=1S/C25H36N4O8S2/c1-16(2)24(25(32)33)28-39(36,37)20-7-5-19(6-8-20)29-12-10-18(11-13-29)26-15-23(31)17-4-9-22(30)21(14-17)27-38(3,34)35/h4-9,14,16,18,23-24,26-28,30-31H,10-13,15H2,1-3H3,(H,32,33)/t23-,24+/m1/s1. The normalized spacial score (nSPS) is 16.7. The molecule has 0 bridgehead atoms. The van der Waals surface area contributed by atoms with E-state index in [0.717, 1.165) is 24.8 Å². The van der Waals surface area contributed by atoms with Crippen molar-refractivity contribution < 1.29 is 36.9 Å². The summed E-state index contributed by atoms with van der Waals surface area (Å²) >= 11 is 0. The minimum absolute atomic E-state index is 0.00131. The van der Waals surface area contributed by atoms with Crippen LogP contribution in [0, 0.1) is 5.92 Å². The molecule has 2 aromatic rings. The Balaban J connectivity index is 1.53. The van der Waals surface area contributed by atoms with E-state index in [9.17, 15) is 36.9 Å². The summed E-state index contributed by atoms with van der Waals surface area (Å²) in [5.41, 5.74) is 1.30. The average Bonchev–Trinajstić information content (AvgIpc) is 2.86. The highest BCUT2D eigenvalue weighted by Gasteiger charge is 2.28. The molecule has 0 radical (unpaired) electrons. The lowest BCUT2D eigenvalue weighted by Crippen LogP contribution is -2.44. The van der Waals surface area contributed by atoms with Crippen molar-refractivity contribution in [2.75, 3.05) is 35.5 Å². The number of rotatable bonds is 12. The molecule has 1 aliphatic rings. The lowest BCUT2D eigenvalue weighted by Gasteiger charge is -2.34. The van der Waals surface area contributed by atoms with E-state index >= 15 is 0 Å². The van der Waals surface area contributed by atoms with Gasteiger partial charge >= 0.3 is 5.97 Å². The molecule has 0 aromatic heterocycles. The van der Waals surface area contributed by atoms with Crippen LogP contribution in [0.15, 0.2) is 47.4 Å². The number of anilines is 2. The number of aromatic hydroxyl groups is 1. The average molecular weight is 585 g/mol. The molecular formula is C25H36N4O8S2. The van der Waals surface area contributed by atoms with Crippen LogP contribution in [0.1, 0.15) is 38.4 Å². The van der Waals surface area contributed by atoms with E-state index in [1.54, 1.807) is 26.0 Å². The van der Waals surface area contributed by atoms with Gasteiger partial charge in [-0.05, 0) is 60.7 Å². The second-order valence-corrected chi connectivity index (χ2v) is 13.5. The van der Waals surface area contributed by atoms with Gasteiger partial charge in [-0.25, -0.2) is 16.8 Å². The first-order valence-electron chi connectivity index (χ1n) is 12.5. The van der Waals surface area contributed by atoms with Gasteiger partial charge in [0.15, 0.2) is 0 Å². The first kappa shape index (κ1) is 30.6. The third-order valence-electron chi connectivity index (χ3n) is 6.52. The number of carbonyl (C=O) groups is 1. The maximum Gasteiger partial charge on any atom is 0.322 e. The first-order chi connectivity index (χ1) is 18.2. The van der Waals surface area contributed by atoms with Crippen LogP contribution in [0.2, 0.25) is 0 Å². The van der Waals surface area contributed by atoms with E-state index < -0.39 is 44.1 Å².